The topological polar surface area (TPSA) is 64.4 Å². The number of hydrogen-bond acceptors (Lipinski definition) is 5. The molecule has 1 heterocycles. The van der Waals surface area contributed by atoms with Crippen LogP contribution in [0.4, 0.5) is 0 Å². The van der Waals surface area contributed by atoms with Gasteiger partial charge < -0.3 is 9.64 Å². The average Bonchev–Trinajstić information content (AvgIpc) is 2.71. The summed E-state index contributed by atoms with van der Waals surface area (Å²) >= 11 is 1.34. The van der Waals surface area contributed by atoms with Crippen LogP contribution in [0, 0.1) is 0 Å². The molecule has 1 amide bonds. The highest BCUT2D eigenvalue weighted by Gasteiger charge is 2.16. The van der Waals surface area contributed by atoms with E-state index in [0.717, 1.165) is 25.8 Å². The van der Waals surface area contributed by atoms with Gasteiger partial charge in [0.1, 0.15) is 0 Å². The average molecular weight is 406 g/mol. The molecule has 0 aliphatic carbocycles. The van der Waals surface area contributed by atoms with Crippen molar-refractivity contribution in [2.75, 3.05) is 32.1 Å². The lowest BCUT2D eigenvalue weighted by atomic mass is 10.2. The lowest BCUT2D eigenvalue weighted by Gasteiger charge is -2.20. The molecule has 1 aromatic heterocycles. The van der Waals surface area contributed by atoms with Gasteiger partial charge in [0.15, 0.2) is 5.16 Å². The summed E-state index contributed by atoms with van der Waals surface area (Å²) in [4.78, 5) is 32.1. The van der Waals surface area contributed by atoms with Gasteiger partial charge in [-0.15, -0.1) is 0 Å². The van der Waals surface area contributed by atoms with E-state index in [2.05, 4.69) is 11.9 Å². The Morgan fingerprint density at radius 1 is 1.21 bits per heavy atom. The molecular formula is C21H31N3O3S. The normalized spacial score (nSPS) is 11.1. The van der Waals surface area contributed by atoms with Gasteiger partial charge in [0.25, 0.3) is 5.56 Å². The van der Waals surface area contributed by atoms with Gasteiger partial charge in [0.2, 0.25) is 5.91 Å². The maximum Gasteiger partial charge on any atom is 0.262 e. The second kappa shape index (κ2) is 11.9. The molecule has 0 bridgehead atoms. The van der Waals surface area contributed by atoms with Gasteiger partial charge in [-0.1, -0.05) is 37.2 Å². The molecule has 0 unspecified atom stereocenters. The quantitative estimate of drug-likeness (QED) is 0.307. The molecule has 0 atom stereocenters. The number of carbonyl (C=O) groups excluding carboxylic acids is 1. The van der Waals surface area contributed by atoms with E-state index in [1.165, 1.54) is 11.8 Å². The Balaban J connectivity index is 2.20. The van der Waals surface area contributed by atoms with Gasteiger partial charge in [-0.05, 0) is 38.8 Å². The fourth-order valence-corrected chi connectivity index (χ4v) is 3.88. The molecule has 0 aliphatic heterocycles. The van der Waals surface area contributed by atoms with Crippen molar-refractivity contribution in [3.8, 4) is 0 Å². The highest BCUT2D eigenvalue weighted by molar-refractivity contribution is 7.99. The molecule has 28 heavy (non-hydrogen) atoms. The molecule has 154 valence electrons. The van der Waals surface area contributed by atoms with Crippen LogP contribution in [0.15, 0.2) is 34.2 Å². The molecule has 7 heteroatoms. The Labute approximate surface area is 171 Å². The van der Waals surface area contributed by atoms with E-state index in [4.69, 9.17) is 4.74 Å². The number of thioether (sulfide) groups is 1. The predicted octanol–water partition coefficient (Wildman–Crippen LogP) is 3.56. The smallest absolute Gasteiger partial charge is 0.262 e. The first-order valence-corrected chi connectivity index (χ1v) is 11.1. The van der Waals surface area contributed by atoms with Gasteiger partial charge >= 0.3 is 0 Å². The number of hydrogen-bond donors (Lipinski definition) is 0. The van der Waals surface area contributed by atoms with Gasteiger partial charge in [0.05, 0.1) is 16.7 Å². The van der Waals surface area contributed by atoms with E-state index in [1.54, 1.807) is 10.6 Å². The first-order valence-electron chi connectivity index (χ1n) is 10.1. The Hall–Kier alpha value is -1.86. The lowest BCUT2D eigenvalue weighted by Crippen LogP contribution is -2.33. The van der Waals surface area contributed by atoms with Crippen LogP contribution < -0.4 is 5.56 Å². The molecule has 0 radical (unpaired) electrons. The molecule has 0 spiro atoms. The van der Waals surface area contributed by atoms with Crippen molar-refractivity contribution in [3.63, 3.8) is 0 Å². The van der Waals surface area contributed by atoms with Crippen LogP contribution in [-0.4, -0.2) is 52.4 Å². The van der Waals surface area contributed by atoms with Crippen LogP contribution in [0.1, 0.15) is 40.0 Å². The second-order valence-electron chi connectivity index (χ2n) is 6.53. The number of amides is 1. The number of nitrogens with zero attached hydrogens (tertiary/aromatic N) is 3. The van der Waals surface area contributed by atoms with Crippen LogP contribution in [0.5, 0.6) is 0 Å². The third kappa shape index (κ3) is 6.07. The summed E-state index contributed by atoms with van der Waals surface area (Å²) in [6, 6.07) is 7.36. The van der Waals surface area contributed by atoms with Crippen molar-refractivity contribution in [3.05, 3.63) is 34.6 Å². The van der Waals surface area contributed by atoms with Crippen molar-refractivity contribution < 1.29 is 9.53 Å². The van der Waals surface area contributed by atoms with Gasteiger partial charge in [-0.25, -0.2) is 4.98 Å². The molecule has 0 fully saturated rings. The molecule has 2 rings (SSSR count). The molecule has 2 aromatic rings. The molecule has 0 N–H and O–H groups in total. The summed E-state index contributed by atoms with van der Waals surface area (Å²) in [5.74, 6) is 0.373. The van der Waals surface area contributed by atoms with Crippen LogP contribution in [0.25, 0.3) is 10.9 Å². The summed E-state index contributed by atoms with van der Waals surface area (Å²) in [5, 5.41) is 1.20. The second-order valence-corrected chi connectivity index (χ2v) is 7.48. The zero-order chi connectivity index (χ0) is 20.4. The number of unbranched alkanes of at least 4 members (excludes halogenated alkanes) is 1. The predicted molar refractivity (Wildman–Crippen MR) is 115 cm³/mol. The summed E-state index contributed by atoms with van der Waals surface area (Å²) in [5.41, 5.74) is 0.609. The SMILES string of the molecule is CCCCN(CC)C(=O)CSc1nc2ccccc2c(=O)n1CCCOCC. The largest absolute Gasteiger partial charge is 0.382 e. The fourth-order valence-electron chi connectivity index (χ4n) is 2.95. The van der Waals surface area contributed by atoms with Crippen LogP contribution >= 0.6 is 11.8 Å². The standard InChI is InChI=1S/C21H31N3O3S/c1-4-7-13-23(5-2)19(25)16-28-21-22-18-12-9-8-11-17(18)20(26)24(21)14-10-15-27-6-3/h8-9,11-12H,4-7,10,13-16H2,1-3H3. The lowest BCUT2D eigenvalue weighted by molar-refractivity contribution is -0.128. The van der Waals surface area contributed by atoms with E-state index in [9.17, 15) is 9.59 Å². The minimum Gasteiger partial charge on any atom is -0.382 e. The Bertz CT molecular complexity index is 822. The maximum atomic E-state index is 13.0. The number of carbonyl (C=O) groups is 1. The van der Waals surface area contributed by atoms with Crippen LogP contribution in [0.2, 0.25) is 0 Å². The number of ether oxygens (including phenoxy) is 1. The first-order chi connectivity index (χ1) is 13.6. The summed E-state index contributed by atoms with van der Waals surface area (Å²) < 4.78 is 7.08. The number of aromatic nitrogens is 2. The molecule has 0 aliphatic rings. The summed E-state index contributed by atoms with van der Waals surface area (Å²) in [7, 11) is 0. The Kier molecular flexibility index (Phi) is 9.50. The van der Waals surface area contributed by atoms with Gasteiger partial charge in [0, 0.05) is 32.8 Å². The third-order valence-corrected chi connectivity index (χ3v) is 5.50. The highest BCUT2D eigenvalue weighted by Crippen LogP contribution is 2.19. The fraction of sp³-hybridized carbons (Fsp3) is 0.571. The first kappa shape index (κ1) is 22.4. The highest BCUT2D eigenvalue weighted by atomic mass is 32.2. The Morgan fingerprint density at radius 2 is 2.00 bits per heavy atom. The molecule has 1 aromatic carbocycles. The van der Waals surface area contributed by atoms with E-state index >= 15 is 0 Å². The molecule has 6 nitrogen and oxygen atoms in total. The third-order valence-electron chi connectivity index (χ3n) is 4.54. The van der Waals surface area contributed by atoms with Crippen LogP contribution in [-0.2, 0) is 16.1 Å². The summed E-state index contributed by atoms with van der Waals surface area (Å²) in [6.45, 7) is 9.33. The number of para-hydroxylation sites is 1. The molecular weight excluding hydrogens is 374 g/mol. The van der Waals surface area contributed by atoms with E-state index in [1.807, 2.05) is 36.9 Å². The van der Waals surface area contributed by atoms with Crippen molar-refractivity contribution in [1.29, 1.82) is 0 Å². The van der Waals surface area contributed by atoms with Crippen molar-refractivity contribution in [2.45, 2.75) is 51.7 Å². The number of rotatable bonds is 12. The van der Waals surface area contributed by atoms with Gasteiger partial charge in [-0.2, -0.15) is 0 Å². The van der Waals surface area contributed by atoms with Gasteiger partial charge in [-0.3, -0.25) is 14.2 Å². The van der Waals surface area contributed by atoms with E-state index in [-0.39, 0.29) is 17.2 Å². The van der Waals surface area contributed by atoms with Crippen molar-refractivity contribution in [1.82, 2.24) is 14.5 Å². The van der Waals surface area contributed by atoms with Crippen molar-refractivity contribution in [2.24, 2.45) is 0 Å². The Morgan fingerprint density at radius 3 is 2.71 bits per heavy atom. The maximum absolute atomic E-state index is 13.0. The van der Waals surface area contributed by atoms with E-state index < -0.39 is 0 Å². The molecule has 0 saturated heterocycles. The van der Waals surface area contributed by atoms with E-state index in [0.29, 0.717) is 42.4 Å². The van der Waals surface area contributed by atoms with Crippen LogP contribution in [0.3, 0.4) is 0 Å². The number of benzene rings is 1. The van der Waals surface area contributed by atoms with Crippen molar-refractivity contribution >= 4 is 28.6 Å². The monoisotopic (exact) mass is 405 g/mol. The minimum absolute atomic E-state index is 0.0598. The minimum atomic E-state index is -0.0598. The zero-order valence-corrected chi connectivity index (χ0v) is 18.0. The zero-order valence-electron chi connectivity index (χ0n) is 17.1. The summed E-state index contributed by atoms with van der Waals surface area (Å²) in [6.07, 6.45) is 2.79. The molecule has 0 saturated carbocycles. The number of fused-ring (bicyclic) bond motifs is 1.